The van der Waals surface area contributed by atoms with Crippen LogP contribution in [0, 0.1) is 0 Å². The van der Waals surface area contributed by atoms with Crippen LogP contribution < -0.4 is 10.5 Å². The van der Waals surface area contributed by atoms with Crippen LogP contribution >= 0.6 is 0 Å². The third kappa shape index (κ3) is 2.32. The van der Waals surface area contributed by atoms with Crippen LogP contribution in [0.15, 0.2) is 24.3 Å². The number of rotatable bonds is 3. The minimum atomic E-state index is 0.350. The fourth-order valence-corrected chi connectivity index (χ4v) is 2.38. The summed E-state index contributed by atoms with van der Waals surface area (Å²) in [5.74, 6) is 1.51. The lowest BCUT2D eigenvalue weighted by Gasteiger charge is -2.16. The van der Waals surface area contributed by atoms with Gasteiger partial charge in [0.05, 0.1) is 6.61 Å². The lowest BCUT2D eigenvalue weighted by Crippen LogP contribution is -2.22. The van der Waals surface area contributed by atoms with Crippen LogP contribution in [0.1, 0.15) is 37.7 Å². The number of ether oxygens (including phenoxy) is 1. The Morgan fingerprint density at radius 1 is 1.27 bits per heavy atom. The predicted molar refractivity (Wildman–Crippen MR) is 62.2 cm³/mol. The van der Waals surface area contributed by atoms with Crippen molar-refractivity contribution >= 4 is 0 Å². The molecule has 0 aromatic heterocycles. The van der Waals surface area contributed by atoms with Gasteiger partial charge in [-0.15, -0.1) is 0 Å². The van der Waals surface area contributed by atoms with Gasteiger partial charge >= 0.3 is 0 Å². The molecule has 1 aromatic carbocycles. The molecule has 0 spiro atoms. The van der Waals surface area contributed by atoms with Gasteiger partial charge in [0.2, 0.25) is 0 Å². The van der Waals surface area contributed by atoms with Crippen molar-refractivity contribution in [1.82, 2.24) is 0 Å². The van der Waals surface area contributed by atoms with Crippen molar-refractivity contribution in [3.8, 4) is 5.75 Å². The van der Waals surface area contributed by atoms with Gasteiger partial charge in [0.25, 0.3) is 0 Å². The fourth-order valence-electron chi connectivity index (χ4n) is 2.38. The Balaban J connectivity index is 2.09. The molecule has 0 saturated heterocycles. The van der Waals surface area contributed by atoms with E-state index in [9.17, 15) is 0 Å². The van der Waals surface area contributed by atoms with E-state index in [0.29, 0.717) is 12.0 Å². The summed E-state index contributed by atoms with van der Waals surface area (Å²) in [6, 6.07) is 8.75. The van der Waals surface area contributed by atoms with Crippen LogP contribution in [0.4, 0.5) is 0 Å². The summed E-state index contributed by atoms with van der Waals surface area (Å²) < 4.78 is 5.42. The zero-order valence-corrected chi connectivity index (χ0v) is 9.28. The number of hydrogen-bond acceptors (Lipinski definition) is 2. The molecule has 0 heterocycles. The molecule has 0 bridgehead atoms. The van der Waals surface area contributed by atoms with Crippen molar-refractivity contribution in [3.63, 3.8) is 0 Å². The smallest absolute Gasteiger partial charge is 0.119 e. The van der Waals surface area contributed by atoms with Crippen LogP contribution in [-0.4, -0.2) is 12.6 Å². The molecule has 1 aromatic rings. The first-order valence-electron chi connectivity index (χ1n) is 5.79. The Labute approximate surface area is 91.4 Å². The van der Waals surface area contributed by atoms with Crippen LogP contribution in [0.5, 0.6) is 5.75 Å². The lowest BCUT2D eigenvalue weighted by atomic mass is 9.95. The third-order valence-electron chi connectivity index (χ3n) is 3.19. The van der Waals surface area contributed by atoms with Gasteiger partial charge < -0.3 is 10.5 Å². The quantitative estimate of drug-likeness (QED) is 0.823. The molecule has 2 N–H and O–H groups in total. The zero-order valence-electron chi connectivity index (χ0n) is 9.28. The molecule has 15 heavy (non-hydrogen) atoms. The van der Waals surface area contributed by atoms with Crippen molar-refractivity contribution in [3.05, 3.63) is 29.8 Å². The van der Waals surface area contributed by atoms with E-state index in [1.807, 2.05) is 19.1 Å². The maximum atomic E-state index is 6.08. The van der Waals surface area contributed by atoms with Gasteiger partial charge in [-0.1, -0.05) is 18.6 Å². The minimum Gasteiger partial charge on any atom is -0.494 e. The molecule has 2 nitrogen and oxygen atoms in total. The Bertz CT molecular complexity index is 307. The Hall–Kier alpha value is -1.02. The summed E-state index contributed by atoms with van der Waals surface area (Å²) >= 11 is 0. The average Bonchev–Trinajstić information content (AvgIpc) is 2.66. The van der Waals surface area contributed by atoms with E-state index in [0.717, 1.165) is 18.8 Å². The minimum absolute atomic E-state index is 0.350. The zero-order chi connectivity index (χ0) is 10.7. The highest BCUT2D eigenvalue weighted by molar-refractivity contribution is 5.30. The summed E-state index contributed by atoms with van der Waals surface area (Å²) in [6.45, 7) is 2.73. The second-order valence-electron chi connectivity index (χ2n) is 4.20. The molecule has 1 aliphatic rings. The third-order valence-corrected chi connectivity index (χ3v) is 3.19. The van der Waals surface area contributed by atoms with E-state index < -0.39 is 0 Å². The monoisotopic (exact) mass is 205 g/mol. The van der Waals surface area contributed by atoms with E-state index in [4.69, 9.17) is 10.5 Å². The lowest BCUT2D eigenvalue weighted by molar-refractivity contribution is 0.340. The Morgan fingerprint density at radius 2 is 2.00 bits per heavy atom. The molecule has 1 aliphatic carbocycles. The van der Waals surface area contributed by atoms with Crippen LogP contribution in [0.2, 0.25) is 0 Å². The van der Waals surface area contributed by atoms with Crippen LogP contribution in [0.3, 0.4) is 0 Å². The first-order valence-corrected chi connectivity index (χ1v) is 5.79. The SMILES string of the molecule is CCOc1ccc(C2CCCC2N)cc1. The van der Waals surface area contributed by atoms with Crippen molar-refractivity contribution in [2.45, 2.75) is 38.1 Å². The summed E-state index contributed by atoms with van der Waals surface area (Å²) in [5, 5.41) is 0. The number of nitrogens with two attached hydrogens (primary N) is 1. The van der Waals surface area contributed by atoms with Gasteiger partial charge in [0.1, 0.15) is 5.75 Å². The molecule has 0 amide bonds. The largest absolute Gasteiger partial charge is 0.494 e. The molecule has 0 aliphatic heterocycles. The van der Waals surface area contributed by atoms with Crippen molar-refractivity contribution < 1.29 is 4.74 Å². The summed E-state index contributed by atoms with van der Waals surface area (Å²) in [5.41, 5.74) is 7.44. The topological polar surface area (TPSA) is 35.2 Å². The molecule has 0 radical (unpaired) electrons. The van der Waals surface area contributed by atoms with E-state index in [2.05, 4.69) is 12.1 Å². The number of hydrogen-bond donors (Lipinski definition) is 1. The Kier molecular flexibility index (Phi) is 3.27. The summed E-state index contributed by atoms with van der Waals surface area (Å²) in [6.07, 6.45) is 3.66. The van der Waals surface area contributed by atoms with Gasteiger partial charge in [-0.3, -0.25) is 0 Å². The average molecular weight is 205 g/mol. The predicted octanol–water partition coefficient (Wildman–Crippen LogP) is 2.68. The molecule has 2 rings (SSSR count). The van der Waals surface area contributed by atoms with Gasteiger partial charge in [-0.2, -0.15) is 0 Å². The molecule has 2 atom stereocenters. The van der Waals surface area contributed by atoms with Crippen molar-refractivity contribution in [2.75, 3.05) is 6.61 Å². The van der Waals surface area contributed by atoms with Gasteiger partial charge in [-0.25, -0.2) is 0 Å². The summed E-state index contributed by atoms with van der Waals surface area (Å²) in [4.78, 5) is 0. The Morgan fingerprint density at radius 3 is 2.53 bits per heavy atom. The maximum Gasteiger partial charge on any atom is 0.119 e. The fraction of sp³-hybridized carbons (Fsp3) is 0.538. The molecule has 1 fully saturated rings. The summed E-state index contributed by atoms with van der Waals surface area (Å²) in [7, 11) is 0. The van der Waals surface area contributed by atoms with E-state index in [1.165, 1.54) is 18.4 Å². The molecule has 1 saturated carbocycles. The number of benzene rings is 1. The van der Waals surface area contributed by atoms with Crippen LogP contribution in [0.25, 0.3) is 0 Å². The molecule has 2 heteroatoms. The first-order chi connectivity index (χ1) is 7.31. The first kappa shape index (κ1) is 10.5. The van der Waals surface area contributed by atoms with Gasteiger partial charge in [0.15, 0.2) is 0 Å². The van der Waals surface area contributed by atoms with Crippen LogP contribution in [-0.2, 0) is 0 Å². The highest BCUT2D eigenvalue weighted by Gasteiger charge is 2.24. The van der Waals surface area contributed by atoms with E-state index >= 15 is 0 Å². The highest BCUT2D eigenvalue weighted by Crippen LogP contribution is 2.33. The second-order valence-corrected chi connectivity index (χ2v) is 4.20. The molecular formula is C13H19NO. The molecule has 82 valence electrons. The standard InChI is InChI=1S/C13H19NO/c1-2-15-11-8-6-10(7-9-11)12-4-3-5-13(12)14/h6-9,12-13H,2-5,14H2,1H3. The normalized spacial score (nSPS) is 25.5. The van der Waals surface area contributed by atoms with E-state index in [-0.39, 0.29) is 0 Å². The van der Waals surface area contributed by atoms with Gasteiger partial charge in [0, 0.05) is 6.04 Å². The molecule has 2 unspecified atom stereocenters. The van der Waals surface area contributed by atoms with Gasteiger partial charge in [-0.05, 0) is 43.4 Å². The van der Waals surface area contributed by atoms with Crippen molar-refractivity contribution in [1.29, 1.82) is 0 Å². The molecular weight excluding hydrogens is 186 g/mol. The van der Waals surface area contributed by atoms with E-state index in [1.54, 1.807) is 0 Å². The highest BCUT2D eigenvalue weighted by atomic mass is 16.5. The maximum absolute atomic E-state index is 6.08. The van der Waals surface area contributed by atoms with Crippen molar-refractivity contribution in [2.24, 2.45) is 5.73 Å². The second kappa shape index (κ2) is 4.67.